The Morgan fingerprint density at radius 2 is 2.35 bits per heavy atom. The van der Waals surface area contributed by atoms with Crippen molar-refractivity contribution in [1.29, 1.82) is 0 Å². The van der Waals surface area contributed by atoms with Crippen LogP contribution < -0.4 is 5.32 Å². The Morgan fingerprint density at radius 1 is 1.65 bits per heavy atom. The third-order valence-electron chi connectivity index (χ3n) is 3.64. The molecule has 1 aliphatic rings. The van der Waals surface area contributed by atoms with Crippen molar-refractivity contribution in [3.8, 4) is 0 Å². The maximum atomic E-state index is 5.13. The van der Waals surface area contributed by atoms with Gasteiger partial charge in [0.2, 0.25) is 0 Å². The minimum absolute atomic E-state index is 0.358. The lowest BCUT2D eigenvalue weighted by Crippen LogP contribution is -2.28. The van der Waals surface area contributed by atoms with E-state index in [0.29, 0.717) is 18.1 Å². The summed E-state index contributed by atoms with van der Waals surface area (Å²) in [5, 5.41) is 7.85. The summed E-state index contributed by atoms with van der Waals surface area (Å²) in [5.74, 6) is 0. The maximum absolute atomic E-state index is 5.13. The van der Waals surface area contributed by atoms with Gasteiger partial charge < -0.3 is 10.1 Å². The zero-order valence-corrected chi connectivity index (χ0v) is 12.2. The number of ether oxygens (including phenoxy) is 1. The van der Waals surface area contributed by atoms with E-state index >= 15 is 0 Å². The first-order chi connectivity index (χ1) is 8.12. The molecule has 1 atom stereocenters. The normalized spacial score (nSPS) is 19.3. The van der Waals surface area contributed by atoms with Gasteiger partial charge in [-0.05, 0) is 41.2 Å². The molecule has 1 fully saturated rings. The predicted octanol–water partition coefficient (Wildman–Crippen LogP) is 2.35. The Morgan fingerprint density at radius 3 is 2.88 bits per heavy atom. The van der Waals surface area contributed by atoms with Crippen LogP contribution in [0.2, 0.25) is 0 Å². The molecule has 2 rings (SSSR count). The van der Waals surface area contributed by atoms with Gasteiger partial charge >= 0.3 is 0 Å². The van der Waals surface area contributed by atoms with Crippen LogP contribution in [0.4, 0.5) is 0 Å². The second kappa shape index (κ2) is 5.08. The van der Waals surface area contributed by atoms with Crippen molar-refractivity contribution in [3.63, 3.8) is 0 Å². The Balaban J connectivity index is 2.25. The molecule has 17 heavy (non-hydrogen) atoms. The molecule has 1 aliphatic carbocycles. The standard InChI is InChI=1S/C12H20BrN3O/c1-12(4-5-12)11(14-2)10-9(13)8-15-16(10)6-7-17-3/h8,11,14H,4-7H2,1-3H3. The van der Waals surface area contributed by atoms with Crippen molar-refractivity contribution < 1.29 is 4.74 Å². The van der Waals surface area contributed by atoms with Gasteiger partial charge in [-0.25, -0.2) is 0 Å². The lowest BCUT2D eigenvalue weighted by molar-refractivity contribution is 0.180. The van der Waals surface area contributed by atoms with E-state index in [2.05, 4.69) is 33.3 Å². The summed E-state index contributed by atoms with van der Waals surface area (Å²) >= 11 is 3.61. The number of nitrogens with zero attached hydrogens (tertiary/aromatic N) is 2. The number of nitrogens with one attached hydrogen (secondary N) is 1. The van der Waals surface area contributed by atoms with E-state index in [0.717, 1.165) is 11.0 Å². The van der Waals surface area contributed by atoms with E-state index in [-0.39, 0.29) is 0 Å². The fraction of sp³-hybridized carbons (Fsp3) is 0.750. The molecular weight excluding hydrogens is 282 g/mol. The summed E-state index contributed by atoms with van der Waals surface area (Å²) < 4.78 is 8.25. The van der Waals surface area contributed by atoms with Crippen LogP contribution in [0.15, 0.2) is 10.7 Å². The number of hydrogen-bond donors (Lipinski definition) is 1. The molecule has 0 spiro atoms. The van der Waals surface area contributed by atoms with Gasteiger partial charge in [0.05, 0.1) is 35.6 Å². The van der Waals surface area contributed by atoms with E-state index in [4.69, 9.17) is 4.74 Å². The summed E-state index contributed by atoms with van der Waals surface area (Å²) in [6.07, 6.45) is 4.43. The van der Waals surface area contributed by atoms with Gasteiger partial charge in [-0.1, -0.05) is 6.92 Å². The summed E-state index contributed by atoms with van der Waals surface area (Å²) in [6.45, 7) is 3.81. The molecule has 1 N–H and O–H groups in total. The molecule has 0 radical (unpaired) electrons. The van der Waals surface area contributed by atoms with Gasteiger partial charge in [0, 0.05) is 7.11 Å². The topological polar surface area (TPSA) is 39.1 Å². The first-order valence-electron chi connectivity index (χ1n) is 6.00. The van der Waals surface area contributed by atoms with Crippen molar-refractivity contribution in [3.05, 3.63) is 16.4 Å². The largest absolute Gasteiger partial charge is 0.383 e. The predicted molar refractivity (Wildman–Crippen MR) is 70.9 cm³/mol. The van der Waals surface area contributed by atoms with Gasteiger partial charge in [0.1, 0.15) is 0 Å². The highest BCUT2D eigenvalue weighted by Gasteiger charge is 2.46. The fourth-order valence-electron chi connectivity index (χ4n) is 2.32. The van der Waals surface area contributed by atoms with Crippen LogP contribution in [0.1, 0.15) is 31.5 Å². The molecule has 1 aromatic heterocycles. The Kier molecular flexibility index (Phi) is 3.90. The molecule has 1 unspecified atom stereocenters. The van der Waals surface area contributed by atoms with Crippen molar-refractivity contribution in [2.75, 3.05) is 20.8 Å². The summed E-state index contributed by atoms with van der Waals surface area (Å²) in [7, 11) is 3.74. The molecule has 0 aromatic carbocycles. The van der Waals surface area contributed by atoms with Crippen LogP contribution in [0, 0.1) is 5.41 Å². The molecule has 1 saturated carbocycles. The number of aromatic nitrogens is 2. The molecule has 0 saturated heterocycles. The molecule has 1 heterocycles. The molecule has 0 amide bonds. The van der Waals surface area contributed by atoms with E-state index in [1.807, 2.05) is 17.9 Å². The fourth-order valence-corrected chi connectivity index (χ4v) is 2.84. The van der Waals surface area contributed by atoms with E-state index in [1.54, 1.807) is 7.11 Å². The van der Waals surface area contributed by atoms with Crippen LogP contribution in [0.25, 0.3) is 0 Å². The summed E-state index contributed by atoms with van der Waals surface area (Å²) in [4.78, 5) is 0. The van der Waals surface area contributed by atoms with Crippen molar-refractivity contribution in [2.45, 2.75) is 32.4 Å². The minimum atomic E-state index is 0.358. The van der Waals surface area contributed by atoms with E-state index < -0.39 is 0 Å². The first kappa shape index (κ1) is 13.1. The highest BCUT2D eigenvalue weighted by atomic mass is 79.9. The van der Waals surface area contributed by atoms with Gasteiger partial charge in [0.15, 0.2) is 0 Å². The van der Waals surface area contributed by atoms with Crippen LogP contribution in [0.5, 0.6) is 0 Å². The molecule has 0 bridgehead atoms. The van der Waals surface area contributed by atoms with Gasteiger partial charge in [-0.3, -0.25) is 4.68 Å². The number of rotatable bonds is 6. The van der Waals surface area contributed by atoms with Crippen LogP contribution >= 0.6 is 15.9 Å². The van der Waals surface area contributed by atoms with Gasteiger partial charge in [0.25, 0.3) is 0 Å². The monoisotopic (exact) mass is 301 g/mol. The molecule has 4 nitrogen and oxygen atoms in total. The molecule has 0 aliphatic heterocycles. The summed E-state index contributed by atoms with van der Waals surface area (Å²) in [6, 6.07) is 0.358. The SMILES string of the molecule is CNC(c1c(Br)cnn1CCOC)C1(C)CC1. The smallest absolute Gasteiger partial charge is 0.0702 e. The number of hydrogen-bond acceptors (Lipinski definition) is 3. The third kappa shape index (κ3) is 2.56. The number of halogens is 1. The van der Waals surface area contributed by atoms with Crippen LogP contribution in [0.3, 0.4) is 0 Å². The minimum Gasteiger partial charge on any atom is -0.383 e. The van der Waals surface area contributed by atoms with Crippen LogP contribution in [-0.2, 0) is 11.3 Å². The average molecular weight is 302 g/mol. The molecule has 96 valence electrons. The third-order valence-corrected chi connectivity index (χ3v) is 4.25. The van der Waals surface area contributed by atoms with Crippen molar-refractivity contribution in [1.82, 2.24) is 15.1 Å². The molecule has 5 heteroatoms. The number of methoxy groups -OCH3 is 1. The quantitative estimate of drug-likeness (QED) is 0.877. The Bertz CT molecular complexity index is 387. The first-order valence-corrected chi connectivity index (χ1v) is 6.79. The molecular formula is C12H20BrN3O. The zero-order chi connectivity index (χ0) is 12.5. The van der Waals surface area contributed by atoms with E-state index in [9.17, 15) is 0 Å². The van der Waals surface area contributed by atoms with E-state index in [1.165, 1.54) is 18.5 Å². The highest BCUT2D eigenvalue weighted by molar-refractivity contribution is 9.10. The van der Waals surface area contributed by atoms with Crippen LogP contribution in [-0.4, -0.2) is 30.5 Å². The summed E-state index contributed by atoms with van der Waals surface area (Å²) in [5.41, 5.74) is 1.62. The Hall–Kier alpha value is -0.390. The lowest BCUT2D eigenvalue weighted by atomic mass is 9.96. The van der Waals surface area contributed by atoms with Gasteiger partial charge in [-0.15, -0.1) is 0 Å². The van der Waals surface area contributed by atoms with Crippen molar-refractivity contribution in [2.24, 2.45) is 5.41 Å². The van der Waals surface area contributed by atoms with Crippen molar-refractivity contribution >= 4 is 15.9 Å². The second-order valence-electron chi connectivity index (χ2n) is 4.97. The maximum Gasteiger partial charge on any atom is 0.0702 e. The highest BCUT2D eigenvalue weighted by Crippen LogP contribution is 2.55. The molecule has 1 aromatic rings. The Labute approximate surface area is 111 Å². The average Bonchev–Trinajstić information content (AvgIpc) is 2.95. The van der Waals surface area contributed by atoms with Gasteiger partial charge in [-0.2, -0.15) is 5.10 Å². The second-order valence-corrected chi connectivity index (χ2v) is 5.82. The lowest BCUT2D eigenvalue weighted by Gasteiger charge is -2.24. The zero-order valence-electron chi connectivity index (χ0n) is 10.7.